The van der Waals surface area contributed by atoms with Crippen LogP contribution in [0.5, 0.6) is 0 Å². The van der Waals surface area contributed by atoms with E-state index in [1.807, 2.05) is 62.4 Å². The highest BCUT2D eigenvalue weighted by Gasteiger charge is 2.21. The number of hydrogen-bond acceptors (Lipinski definition) is 4. The first-order valence-corrected chi connectivity index (χ1v) is 11.0. The second-order valence-electron chi connectivity index (χ2n) is 8.37. The normalized spacial score (nSPS) is 11.2. The van der Waals surface area contributed by atoms with E-state index in [0.29, 0.717) is 22.2 Å². The summed E-state index contributed by atoms with van der Waals surface area (Å²) in [5.41, 5.74) is 3.38. The number of furan rings is 1. The number of rotatable bonds is 5. The summed E-state index contributed by atoms with van der Waals surface area (Å²) in [6.45, 7) is 3.78. The lowest BCUT2D eigenvalue weighted by Crippen LogP contribution is -2.41. The van der Waals surface area contributed by atoms with Gasteiger partial charge in [0.15, 0.2) is 0 Å². The lowest BCUT2D eigenvalue weighted by molar-refractivity contribution is -0.116. The predicted molar refractivity (Wildman–Crippen MR) is 132 cm³/mol. The van der Waals surface area contributed by atoms with Crippen molar-refractivity contribution in [2.45, 2.75) is 26.9 Å². The standard InChI is InChI=1S/C27H23N3O4/c1-17-12-13-20(14-18(17)2)28-23(31)16-29-24-21-10-6-7-11-22(21)34-25(24)26(32)30(27(29)33)15-19-8-4-3-5-9-19/h3-14H,15-16H2,1-2H3,(H,28,31). The Kier molecular flexibility index (Phi) is 5.37. The number of carbonyl (C=O) groups is 1. The minimum absolute atomic E-state index is 0.0516. The highest BCUT2D eigenvalue weighted by Crippen LogP contribution is 2.25. The van der Waals surface area contributed by atoms with Crippen LogP contribution in [0, 0.1) is 13.8 Å². The smallest absolute Gasteiger partial charge is 0.332 e. The topological polar surface area (TPSA) is 86.2 Å². The molecular formula is C27H23N3O4. The zero-order valence-electron chi connectivity index (χ0n) is 18.9. The first-order valence-electron chi connectivity index (χ1n) is 11.0. The molecule has 0 fully saturated rings. The molecule has 0 radical (unpaired) electrons. The summed E-state index contributed by atoms with van der Waals surface area (Å²) in [6.07, 6.45) is 0. The van der Waals surface area contributed by atoms with Gasteiger partial charge in [-0.05, 0) is 54.8 Å². The van der Waals surface area contributed by atoms with Gasteiger partial charge in [0.05, 0.1) is 6.54 Å². The number of carbonyl (C=O) groups excluding carboxylic acids is 1. The van der Waals surface area contributed by atoms with Gasteiger partial charge in [0.25, 0.3) is 5.56 Å². The average Bonchev–Trinajstić information content (AvgIpc) is 3.22. The molecule has 0 saturated carbocycles. The number of hydrogen-bond donors (Lipinski definition) is 1. The van der Waals surface area contributed by atoms with Gasteiger partial charge in [-0.25, -0.2) is 4.79 Å². The number of aromatic nitrogens is 2. The van der Waals surface area contributed by atoms with E-state index in [-0.39, 0.29) is 24.6 Å². The fourth-order valence-corrected chi connectivity index (χ4v) is 4.11. The maximum Gasteiger partial charge on any atom is 0.332 e. The van der Waals surface area contributed by atoms with Crippen molar-refractivity contribution in [2.24, 2.45) is 0 Å². The monoisotopic (exact) mass is 453 g/mol. The summed E-state index contributed by atoms with van der Waals surface area (Å²) in [6, 6.07) is 22.0. The molecule has 0 atom stereocenters. The van der Waals surface area contributed by atoms with Crippen LogP contribution in [0.3, 0.4) is 0 Å². The van der Waals surface area contributed by atoms with Crippen LogP contribution >= 0.6 is 0 Å². The molecule has 0 saturated heterocycles. The predicted octanol–water partition coefficient (Wildman–Crippen LogP) is 4.21. The van der Waals surface area contributed by atoms with Gasteiger partial charge < -0.3 is 9.73 Å². The molecule has 7 heteroatoms. The van der Waals surface area contributed by atoms with Gasteiger partial charge >= 0.3 is 5.69 Å². The third-order valence-corrected chi connectivity index (χ3v) is 6.02. The van der Waals surface area contributed by atoms with E-state index in [2.05, 4.69) is 5.32 Å². The number of anilines is 1. The minimum Gasteiger partial charge on any atom is -0.449 e. The van der Waals surface area contributed by atoms with E-state index in [0.717, 1.165) is 21.3 Å². The van der Waals surface area contributed by atoms with E-state index in [1.165, 1.54) is 4.57 Å². The summed E-state index contributed by atoms with van der Waals surface area (Å²) in [5.74, 6) is -0.373. The lowest BCUT2D eigenvalue weighted by Gasteiger charge is -2.13. The van der Waals surface area contributed by atoms with Gasteiger partial charge in [0.2, 0.25) is 11.5 Å². The van der Waals surface area contributed by atoms with Crippen LogP contribution in [-0.2, 0) is 17.9 Å². The van der Waals surface area contributed by atoms with Crippen LogP contribution in [0.4, 0.5) is 5.69 Å². The number of aryl methyl sites for hydroxylation is 2. The number of amides is 1. The van der Waals surface area contributed by atoms with Crippen molar-refractivity contribution in [3.8, 4) is 0 Å². The second kappa shape index (κ2) is 8.51. The molecule has 5 rings (SSSR count). The Bertz CT molecular complexity index is 1660. The van der Waals surface area contributed by atoms with Crippen LogP contribution in [0.1, 0.15) is 16.7 Å². The van der Waals surface area contributed by atoms with E-state index in [4.69, 9.17) is 4.42 Å². The number of para-hydroxylation sites is 1. The molecule has 1 N–H and O–H groups in total. The van der Waals surface area contributed by atoms with Gasteiger partial charge in [0.1, 0.15) is 17.6 Å². The van der Waals surface area contributed by atoms with Crippen molar-refractivity contribution in [1.82, 2.24) is 9.13 Å². The maximum absolute atomic E-state index is 13.5. The molecule has 2 aromatic heterocycles. The molecule has 1 amide bonds. The molecule has 2 heterocycles. The van der Waals surface area contributed by atoms with Crippen LogP contribution in [0.25, 0.3) is 22.1 Å². The van der Waals surface area contributed by atoms with Gasteiger partial charge in [-0.3, -0.25) is 18.7 Å². The summed E-state index contributed by atoms with van der Waals surface area (Å²) in [7, 11) is 0. The van der Waals surface area contributed by atoms with Crippen molar-refractivity contribution in [3.63, 3.8) is 0 Å². The average molecular weight is 453 g/mol. The van der Waals surface area contributed by atoms with E-state index in [1.54, 1.807) is 24.3 Å². The van der Waals surface area contributed by atoms with Crippen molar-refractivity contribution >= 4 is 33.7 Å². The Morgan fingerprint density at radius 3 is 2.38 bits per heavy atom. The Morgan fingerprint density at radius 1 is 0.882 bits per heavy atom. The third kappa shape index (κ3) is 3.81. The Hall–Kier alpha value is -4.39. The number of nitrogens with zero attached hydrogens (tertiary/aromatic N) is 2. The Labute approximate surface area is 194 Å². The van der Waals surface area contributed by atoms with Crippen LogP contribution < -0.4 is 16.6 Å². The van der Waals surface area contributed by atoms with Gasteiger partial charge in [0, 0.05) is 11.1 Å². The number of benzene rings is 3. The van der Waals surface area contributed by atoms with E-state index < -0.39 is 11.2 Å². The molecule has 0 aliphatic carbocycles. The first kappa shape index (κ1) is 21.5. The molecule has 0 bridgehead atoms. The third-order valence-electron chi connectivity index (χ3n) is 6.02. The van der Waals surface area contributed by atoms with Crippen molar-refractivity contribution in [3.05, 3.63) is 110 Å². The molecule has 170 valence electrons. The molecule has 0 spiro atoms. The largest absolute Gasteiger partial charge is 0.449 e. The molecule has 5 aromatic rings. The highest BCUT2D eigenvalue weighted by atomic mass is 16.3. The molecule has 0 aliphatic heterocycles. The first-order chi connectivity index (χ1) is 16.4. The number of nitrogens with one attached hydrogen (secondary N) is 1. The summed E-state index contributed by atoms with van der Waals surface area (Å²) < 4.78 is 8.30. The molecule has 34 heavy (non-hydrogen) atoms. The molecule has 0 aliphatic rings. The second-order valence-corrected chi connectivity index (χ2v) is 8.37. The Balaban J connectivity index is 1.64. The van der Waals surface area contributed by atoms with E-state index in [9.17, 15) is 14.4 Å². The highest BCUT2D eigenvalue weighted by molar-refractivity contribution is 6.03. The van der Waals surface area contributed by atoms with E-state index >= 15 is 0 Å². The van der Waals surface area contributed by atoms with Crippen molar-refractivity contribution in [2.75, 3.05) is 5.32 Å². The Morgan fingerprint density at radius 2 is 1.62 bits per heavy atom. The molecule has 3 aromatic carbocycles. The zero-order valence-corrected chi connectivity index (χ0v) is 18.9. The van der Waals surface area contributed by atoms with Crippen LogP contribution in [0.15, 0.2) is 86.8 Å². The van der Waals surface area contributed by atoms with Gasteiger partial charge in [-0.2, -0.15) is 0 Å². The zero-order chi connectivity index (χ0) is 23.8. The summed E-state index contributed by atoms with van der Waals surface area (Å²) in [4.78, 5) is 39.8. The molecule has 0 unspecified atom stereocenters. The summed E-state index contributed by atoms with van der Waals surface area (Å²) in [5, 5.41) is 3.47. The van der Waals surface area contributed by atoms with Gasteiger partial charge in [-0.15, -0.1) is 0 Å². The SMILES string of the molecule is Cc1ccc(NC(=O)Cn2c(=O)n(Cc3ccccc3)c(=O)c3oc4ccccc4c32)cc1C. The van der Waals surface area contributed by atoms with Crippen molar-refractivity contribution in [1.29, 1.82) is 0 Å². The quantitative estimate of drug-likeness (QED) is 0.432. The van der Waals surface area contributed by atoms with Gasteiger partial charge in [-0.1, -0.05) is 48.5 Å². The van der Waals surface area contributed by atoms with Crippen LogP contribution in [-0.4, -0.2) is 15.0 Å². The van der Waals surface area contributed by atoms with Crippen LogP contribution in [0.2, 0.25) is 0 Å². The maximum atomic E-state index is 13.5. The minimum atomic E-state index is -0.567. The number of fused-ring (bicyclic) bond motifs is 3. The lowest BCUT2D eigenvalue weighted by atomic mass is 10.1. The van der Waals surface area contributed by atoms with Crippen molar-refractivity contribution < 1.29 is 9.21 Å². The molecule has 7 nitrogen and oxygen atoms in total. The fourth-order valence-electron chi connectivity index (χ4n) is 4.11. The summed E-state index contributed by atoms with van der Waals surface area (Å²) >= 11 is 0. The molecular weight excluding hydrogens is 430 g/mol. The fraction of sp³-hybridized carbons (Fsp3) is 0.148.